The number of carbonyl (C=O) groups is 1. The molecule has 0 fully saturated rings. The Labute approximate surface area is 172 Å². The van der Waals surface area contributed by atoms with E-state index in [0.717, 1.165) is 22.4 Å². The normalized spacial score (nSPS) is 11.1. The molecule has 4 rings (SSSR count). The third-order valence-corrected chi connectivity index (χ3v) is 5.27. The zero-order valence-electron chi connectivity index (χ0n) is 16.1. The van der Waals surface area contributed by atoms with E-state index in [0.29, 0.717) is 27.6 Å². The van der Waals surface area contributed by atoms with Crippen molar-refractivity contribution >= 4 is 28.8 Å². The Morgan fingerprint density at radius 2 is 1.83 bits per heavy atom. The first-order valence-electron chi connectivity index (χ1n) is 9.03. The first-order valence-corrected chi connectivity index (χ1v) is 9.41. The van der Waals surface area contributed by atoms with E-state index in [4.69, 9.17) is 11.6 Å². The highest BCUT2D eigenvalue weighted by atomic mass is 35.5. The van der Waals surface area contributed by atoms with Crippen LogP contribution < -0.4 is 5.32 Å². The van der Waals surface area contributed by atoms with E-state index in [1.807, 2.05) is 26.8 Å². The Morgan fingerprint density at radius 1 is 1.10 bits per heavy atom. The first kappa shape index (κ1) is 19.1. The number of nitrogens with one attached hydrogen (secondary N) is 1. The molecular formula is C22H18ClFN4O. The Kier molecular flexibility index (Phi) is 4.80. The second-order valence-corrected chi connectivity index (χ2v) is 7.29. The fourth-order valence-electron chi connectivity index (χ4n) is 3.25. The lowest BCUT2D eigenvalue weighted by Crippen LogP contribution is -2.16. The zero-order valence-corrected chi connectivity index (χ0v) is 16.9. The molecule has 0 aliphatic heterocycles. The maximum absolute atomic E-state index is 13.3. The molecule has 0 bridgehead atoms. The Bertz CT molecular complexity index is 1250. The summed E-state index contributed by atoms with van der Waals surface area (Å²) >= 11 is 6.14. The lowest BCUT2D eigenvalue weighted by atomic mass is 10.1. The number of amides is 1. The number of hydrogen-bond acceptors (Lipinski definition) is 3. The molecule has 0 atom stereocenters. The van der Waals surface area contributed by atoms with Gasteiger partial charge in [0.25, 0.3) is 5.91 Å². The smallest absolute Gasteiger partial charge is 0.259 e. The van der Waals surface area contributed by atoms with Crippen molar-refractivity contribution < 1.29 is 9.18 Å². The first-order chi connectivity index (χ1) is 13.8. The number of benzene rings is 2. The van der Waals surface area contributed by atoms with Crippen LogP contribution in [0.2, 0.25) is 5.02 Å². The topological polar surface area (TPSA) is 59.3 Å². The number of hydrogen-bond donors (Lipinski definition) is 1. The van der Waals surface area contributed by atoms with Crippen LogP contribution in [0.5, 0.6) is 0 Å². The molecule has 0 unspecified atom stereocenters. The molecular weight excluding hydrogens is 391 g/mol. The van der Waals surface area contributed by atoms with Crippen LogP contribution in [0.3, 0.4) is 0 Å². The molecule has 5 nitrogen and oxygen atoms in total. The molecule has 0 radical (unpaired) electrons. The number of anilines is 1. The van der Waals surface area contributed by atoms with Gasteiger partial charge in [-0.1, -0.05) is 29.8 Å². The summed E-state index contributed by atoms with van der Waals surface area (Å²) in [5, 5.41) is 7.97. The average molecular weight is 409 g/mol. The molecule has 0 aliphatic rings. The van der Waals surface area contributed by atoms with Crippen LogP contribution in [0.25, 0.3) is 16.8 Å². The number of fused-ring (bicyclic) bond motifs is 1. The SMILES string of the molecule is Cc1ccc(NC(=O)c2cnc3c(-c4ccc(F)cc4)c(C)nn3c2C)cc1Cl. The quantitative estimate of drug-likeness (QED) is 0.496. The summed E-state index contributed by atoms with van der Waals surface area (Å²) in [5.41, 5.74) is 5.59. The summed E-state index contributed by atoms with van der Waals surface area (Å²) < 4.78 is 14.9. The third-order valence-electron chi connectivity index (χ3n) is 4.87. The van der Waals surface area contributed by atoms with Gasteiger partial charge in [0.1, 0.15) is 5.82 Å². The van der Waals surface area contributed by atoms with Gasteiger partial charge >= 0.3 is 0 Å². The highest BCUT2D eigenvalue weighted by Crippen LogP contribution is 2.28. The second-order valence-electron chi connectivity index (χ2n) is 6.88. The molecule has 2 aromatic carbocycles. The number of rotatable bonds is 3. The molecule has 1 N–H and O–H groups in total. The fraction of sp³-hybridized carbons (Fsp3) is 0.136. The molecule has 4 aromatic rings. The van der Waals surface area contributed by atoms with Crippen molar-refractivity contribution in [3.05, 3.63) is 82.0 Å². The number of aromatic nitrogens is 3. The Hall–Kier alpha value is -3.25. The number of nitrogens with zero attached hydrogens (tertiary/aromatic N) is 3. The van der Waals surface area contributed by atoms with E-state index in [9.17, 15) is 9.18 Å². The van der Waals surface area contributed by atoms with Gasteiger partial charge < -0.3 is 5.32 Å². The van der Waals surface area contributed by atoms with E-state index in [1.54, 1.807) is 28.8 Å². The fourth-order valence-corrected chi connectivity index (χ4v) is 3.43. The molecule has 0 aliphatic carbocycles. The number of halogens is 2. The molecule has 1 amide bonds. The van der Waals surface area contributed by atoms with Gasteiger partial charge in [-0.3, -0.25) is 4.79 Å². The molecule has 2 heterocycles. The van der Waals surface area contributed by atoms with Crippen LogP contribution in [0.1, 0.15) is 27.3 Å². The van der Waals surface area contributed by atoms with E-state index in [1.165, 1.54) is 18.3 Å². The largest absolute Gasteiger partial charge is 0.322 e. The van der Waals surface area contributed by atoms with Crippen molar-refractivity contribution in [2.75, 3.05) is 5.32 Å². The minimum Gasteiger partial charge on any atom is -0.322 e. The Morgan fingerprint density at radius 3 is 2.52 bits per heavy atom. The van der Waals surface area contributed by atoms with Crippen LogP contribution in [0.4, 0.5) is 10.1 Å². The third kappa shape index (κ3) is 3.47. The molecule has 0 spiro atoms. The molecule has 7 heteroatoms. The summed E-state index contributed by atoms with van der Waals surface area (Å²) in [6.45, 7) is 5.57. The van der Waals surface area contributed by atoms with E-state index >= 15 is 0 Å². The van der Waals surface area contributed by atoms with Crippen molar-refractivity contribution in [2.45, 2.75) is 20.8 Å². The van der Waals surface area contributed by atoms with Gasteiger partial charge in [-0.25, -0.2) is 13.9 Å². The molecule has 29 heavy (non-hydrogen) atoms. The van der Waals surface area contributed by atoms with Crippen LogP contribution >= 0.6 is 11.6 Å². The van der Waals surface area contributed by atoms with Gasteiger partial charge in [0.2, 0.25) is 0 Å². The number of carbonyl (C=O) groups excluding carboxylic acids is 1. The summed E-state index contributed by atoms with van der Waals surface area (Å²) in [6, 6.07) is 11.5. The summed E-state index contributed by atoms with van der Waals surface area (Å²) in [6.07, 6.45) is 1.53. The minimum absolute atomic E-state index is 0.298. The lowest BCUT2D eigenvalue weighted by molar-refractivity contribution is 0.102. The van der Waals surface area contributed by atoms with Crippen molar-refractivity contribution in [3.8, 4) is 11.1 Å². The predicted octanol–water partition coefficient (Wildman–Crippen LogP) is 5.37. The van der Waals surface area contributed by atoms with Crippen molar-refractivity contribution in [3.63, 3.8) is 0 Å². The van der Waals surface area contributed by atoms with Crippen LogP contribution in [-0.4, -0.2) is 20.5 Å². The standard InChI is InChI=1S/C22H18ClFN4O/c1-12-4-9-17(10-19(12)23)26-22(29)18-11-25-21-20(13(2)27-28(21)14(18)3)15-5-7-16(24)8-6-15/h4-11H,1-3H3,(H,26,29). The minimum atomic E-state index is -0.304. The van der Waals surface area contributed by atoms with E-state index < -0.39 is 0 Å². The van der Waals surface area contributed by atoms with Gasteiger partial charge in [-0.2, -0.15) is 5.10 Å². The molecule has 0 saturated heterocycles. The maximum atomic E-state index is 13.3. The highest BCUT2D eigenvalue weighted by Gasteiger charge is 2.19. The summed E-state index contributed by atoms with van der Waals surface area (Å²) in [7, 11) is 0. The van der Waals surface area contributed by atoms with Crippen molar-refractivity contribution in [2.24, 2.45) is 0 Å². The lowest BCUT2D eigenvalue weighted by Gasteiger charge is -2.10. The van der Waals surface area contributed by atoms with E-state index in [2.05, 4.69) is 15.4 Å². The summed E-state index contributed by atoms with van der Waals surface area (Å²) in [4.78, 5) is 17.3. The molecule has 146 valence electrons. The molecule has 0 saturated carbocycles. The Balaban J connectivity index is 1.73. The van der Waals surface area contributed by atoms with Crippen molar-refractivity contribution in [1.29, 1.82) is 0 Å². The van der Waals surface area contributed by atoms with Gasteiger partial charge in [-0.05, 0) is 56.2 Å². The molecule has 2 aromatic heterocycles. The predicted molar refractivity (Wildman–Crippen MR) is 112 cm³/mol. The average Bonchev–Trinajstić information content (AvgIpc) is 3.02. The van der Waals surface area contributed by atoms with Gasteiger partial charge in [0.15, 0.2) is 5.65 Å². The van der Waals surface area contributed by atoms with E-state index in [-0.39, 0.29) is 11.7 Å². The monoisotopic (exact) mass is 408 g/mol. The highest BCUT2D eigenvalue weighted by molar-refractivity contribution is 6.31. The summed E-state index contributed by atoms with van der Waals surface area (Å²) in [5.74, 6) is -0.601. The van der Waals surface area contributed by atoms with Gasteiger partial charge in [0.05, 0.1) is 17.0 Å². The zero-order chi connectivity index (χ0) is 20.7. The van der Waals surface area contributed by atoms with Crippen LogP contribution in [0, 0.1) is 26.6 Å². The van der Waals surface area contributed by atoms with Gasteiger partial charge in [-0.15, -0.1) is 0 Å². The second kappa shape index (κ2) is 7.29. The van der Waals surface area contributed by atoms with Crippen LogP contribution in [-0.2, 0) is 0 Å². The number of aryl methyl sites for hydroxylation is 3. The van der Waals surface area contributed by atoms with Crippen LogP contribution in [0.15, 0.2) is 48.7 Å². The van der Waals surface area contributed by atoms with Crippen molar-refractivity contribution in [1.82, 2.24) is 14.6 Å². The maximum Gasteiger partial charge on any atom is 0.259 e. The van der Waals surface area contributed by atoms with Gasteiger partial charge in [0, 0.05) is 22.5 Å².